The third-order valence-electron chi connectivity index (χ3n) is 6.87. The van der Waals surface area contributed by atoms with Crippen LogP contribution >= 0.6 is 11.8 Å². The maximum Gasteiger partial charge on any atom is 0.271 e. The van der Waals surface area contributed by atoms with E-state index in [0.717, 1.165) is 16.7 Å². The molecule has 34 heavy (non-hydrogen) atoms. The molecule has 0 radical (unpaired) electrons. The first kappa shape index (κ1) is 22.4. The molecule has 0 unspecified atom stereocenters. The van der Waals surface area contributed by atoms with Gasteiger partial charge in [-0.1, -0.05) is 18.2 Å². The summed E-state index contributed by atoms with van der Waals surface area (Å²) in [7, 11) is 1.36. The van der Waals surface area contributed by atoms with Crippen LogP contribution in [-0.4, -0.2) is 47.8 Å². The summed E-state index contributed by atoms with van der Waals surface area (Å²) in [5, 5.41) is 17.6. The third-order valence-corrected chi connectivity index (χ3v) is 7.51. The Morgan fingerprint density at radius 1 is 1.18 bits per heavy atom. The van der Waals surface area contributed by atoms with Crippen LogP contribution in [0.2, 0.25) is 0 Å². The molecule has 0 bridgehead atoms. The molecule has 5 rings (SSSR count). The van der Waals surface area contributed by atoms with Crippen LogP contribution in [0.25, 0.3) is 0 Å². The fourth-order valence-corrected chi connectivity index (χ4v) is 5.95. The van der Waals surface area contributed by atoms with Crippen LogP contribution in [-0.2, 0) is 19.9 Å². The topological polar surface area (TPSA) is 131 Å². The van der Waals surface area contributed by atoms with Gasteiger partial charge in [-0.05, 0) is 30.6 Å². The smallest absolute Gasteiger partial charge is 0.271 e. The molecule has 2 N–H and O–H groups in total. The average Bonchev–Trinajstić information content (AvgIpc) is 3.41. The second-order valence-corrected chi connectivity index (χ2v) is 9.45. The molecule has 3 aliphatic rings. The zero-order valence-corrected chi connectivity index (χ0v) is 19.3. The highest BCUT2D eigenvalue weighted by atomic mass is 32.2. The molecule has 176 valence electrons. The van der Waals surface area contributed by atoms with Gasteiger partial charge in [0.05, 0.1) is 23.9 Å². The minimum Gasteiger partial charge on any atom is -0.495 e. The molecular weight excluding hydrogens is 460 g/mol. The molecule has 2 aromatic rings. The van der Waals surface area contributed by atoms with Gasteiger partial charge in [0.25, 0.3) is 5.69 Å². The first-order valence-corrected chi connectivity index (χ1v) is 12.1. The highest BCUT2D eigenvalue weighted by Crippen LogP contribution is 2.54. The van der Waals surface area contributed by atoms with Crippen molar-refractivity contribution in [1.29, 1.82) is 0 Å². The van der Waals surface area contributed by atoms with Crippen LogP contribution in [0, 0.1) is 22.0 Å². The van der Waals surface area contributed by atoms with Crippen molar-refractivity contribution in [3.05, 3.63) is 58.1 Å². The summed E-state index contributed by atoms with van der Waals surface area (Å²) in [6.07, 6.45) is 2.51. The van der Waals surface area contributed by atoms with Gasteiger partial charge in [0.2, 0.25) is 17.7 Å². The van der Waals surface area contributed by atoms with E-state index in [-0.39, 0.29) is 23.0 Å². The lowest BCUT2D eigenvalue weighted by atomic mass is 9.76. The van der Waals surface area contributed by atoms with Gasteiger partial charge in [0.1, 0.15) is 17.0 Å². The van der Waals surface area contributed by atoms with Crippen molar-refractivity contribution in [2.45, 2.75) is 18.0 Å². The number of thioether (sulfide) groups is 1. The maximum atomic E-state index is 13.9. The molecule has 11 heteroatoms. The molecule has 2 aromatic carbocycles. The number of anilines is 2. The number of benzene rings is 2. The van der Waals surface area contributed by atoms with Gasteiger partial charge in [-0.15, -0.1) is 0 Å². The van der Waals surface area contributed by atoms with Crippen molar-refractivity contribution in [3.8, 4) is 5.75 Å². The normalized spacial score (nSPS) is 27.2. The highest BCUT2D eigenvalue weighted by molar-refractivity contribution is 7.98. The van der Waals surface area contributed by atoms with Crippen LogP contribution in [0.4, 0.5) is 17.1 Å². The molecule has 3 aliphatic heterocycles. The number of fused-ring (bicyclic) bond motifs is 4. The predicted molar refractivity (Wildman–Crippen MR) is 126 cm³/mol. The van der Waals surface area contributed by atoms with Crippen molar-refractivity contribution in [1.82, 2.24) is 5.32 Å². The van der Waals surface area contributed by atoms with Crippen LogP contribution in [0.3, 0.4) is 0 Å². The van der Waals surface area contributed by atoms with Gasteiger partial charge in [-0.3, -0.25) is 29.8 Å². The number of amides is 3. The number of methoxy groups -OCH3 is 1. The van der Waals surface area contributed by atoms with E-state index < -0.39 is 40.2 Å². The number of hydrogen-bond donors (Lipinski definition) is 2. The van der Waals surface area contributed by atoms with Gasteiger partial charge < -0.3 is 10.1 Å². The molecule has 1 spiro atoms. The van der Waals surface area contributed by atoms with Crippen molar-refractivity contribution < 1.29 is 24.0 Å². The van der Waals surface area contributed by atoms with Crippen molar-refractivity contribution in [2.75, 3.05) is 29.3 Å². The van der Waals surface area contributed by atoms with E-state index in [9.17, 15) is 24.5 Å². The van der Waals surface area contributed by atoms with Crippen LogP contribution < -0.4 is 20.3 Å². The number of hydrogen-bond acceptors (Lipinski definition) is 8. The molecule has 0 aromatic heterocycles. The van der Waals surface area contributed by atoms with Crippen LogP contribution in [0.15, 0.2) is 42.5 Å². The molecule has 0 aliphatic carbocycles. The summed E-state index contributed by atoms with van der Waals surface area (Å²) < 4.78 is 5.33. The number of nitrogens with one attached hydrogen (secondary N) is 2. The van der Waals surface area contributed by atoms with E-state index in [1.54, 1.807) is 36.0 Å². The Balaban J connectivity index is 1.67. The Hall–Kier alpha value is -3.44. The largest absolute Gasteiger partial charge is 0.495 e. The number of carbonyl (C=O) groups is 3. The quantitative estimate of drug-likeness (QED) is 0.364. The number of non-ortho nitro benzene ring substituents is 1. The second-order valence-electron chi connectivity index (χ2n) is 8.47. The lowest BCUT2D eigenvalue weighted by molar-refractivity contribution is -0.384. The molecular formula is C23H22N4O6S. The third kappa shape index (κ3) is 2.96. The van der Waals surface area contributed by atoms with Crippen LogP contribution in [0.5, 0.6) is 5.75 Å². The molecule has 4 atom stereocenters. The number of nitro benzene ring substituents is 1. The van der Waals surface area contributed by atoms with Crippen molar-refractivity contribution >= 4 is 46.5 Å². The van der Waals surface area contributed by atoms with E-state index in [2.05, 4.69) is 10.6 Å². The predicted octanol–water partition coefficient (Wildman–Crippen LogP) is 2.28. The molecule has 3 heterocycles. The fourth-order valence-electron chi connectivity index (χ4n) is 5.46. The highest BCUT2D eigenvalue weighted by Gasteiger charge is 2.70. The van der Waals surface area contributed by atoms with Gasteiger partial charge in [0, 0.05) is 29.4 Å². The second kappa shape index (κ2) is 8.10. The Labute approximate surface area is 199 Å². The standard InChI is InChI=1S/C23H22N4O6S/c1-33-17-8-7-12(27(31)32)11-16(17)26-20(28)18-15(9-10-34-2)25-23(19(18)21(26)29)13-5-3-4-6-14(13)24-22(23)30/h3-8,11,15,18-19,25H,9-10H2,1-2H3,(H,24,30)/t15-,18-,19-,23-/m0/s1. The number of nitrogens with zero attached hydrogens (tertiary/aromatic N) is 2. The van der Waals surface area contributed by atoms with Gasteiger partial charge in [-0.2, -0.15) is 11.8 Å². The summed E-state index contributed by atoms with van der Waals surface area (Å²) >= 11 is 1.61. The van der Waals surface area contributed by atoms with Crippen molar-refractivity contribution in [2.24, 2.45) is 11.8 Å². The van der Waals surface area contributed by atoms with Gasteiger partial charge in [-0.25, -0.2) is 4.90 Å². The summed E-state index contributed by atoms with van der Waals surface area (Å²) in [6.45, 7) is 0. The summed E-state index contributed by atoms with van der Waals surface area (Å²) in [4.78, 5) is 52.9. The van der Waals surface area contributed by atoms with Crippen molar-refractivity contribution in [3.63, 3.8) is 0 Å². The zero-order valence-electron chi connectivity index (χ0n) is 18.4. The maximum absolute atomic E-state index is 13.9. The fraction of sp³-hybridized carbons (Fsp3) is 0.348. The SMILES string of the molecule is COc1ccc([N+](=O)[O-])cc1N1C(=O)[C@H]2[C@H](CCSC)N[C@]3(C(=O)Nc4ccccc43)[C@@H]2C1=O. The number of para-hydroxylation sites is 1. The minimum atomic E-state index is -1.40. The van der Waals surface area contributed by atoms with E-state index in [1.807, 2.05) is 6.26 Å². The average molecular weight is 483 g/mol. The Morgan fingerprint density at radius 2 is 1.94 bits per heavy atom. The first-order chi connectivity index (χ1) is 16.3. The zero-order chi connectivity index (χ0) is 24.2. The number of carbonyl (C=O) groups excluding carboxylic acids is 3. The monoisotopic (exact) mass is 482 g/mol. The molecule has 0 saturated carbocycles. The molecule has 2 fully saturated rings. The first-order valence-electron chi connectivity index (χ1n) is 10.7. The summed E-state index contributed by atoms with van der Waals surface area (Å²) in [5.41, 5.74) is -0.456. The number of rotatable bonds is 6. The summed E-state index contributed by atoms with van der Waals surface area (Å²) in [6, 6.07) is 10.5. The Bertz CT molecular complexity index is 1240. The number of nitro groups is 1. The summed E-state index contributed by atoms with van der Waals surface area (Å²) in [5.74, 6) is -2.39. The Kier molecular flexibility index (Phi) is 5.33. The van der Waals surface area contributed by atoms with E-state index >= 15 is 0 Å². The van der Waals surface area contributed by atoms with Crippen LogP contribution in [0.1, 0.15) is 12.0 Å². The number of ether oxygens (including phenoxy) is 1. The molecule has 3 amide bonds. The minimum absolute atomic E-state index is 0.00607. The lowest BCUT2D eigenvalue weighted by Gasteiger charge is -2.29. The van der Waals surface area contributed by atoms with E-state index in [4.69, 9.17) is 4.74 Å². The Morgan fingerprint density at radius 3 is 2.65 bits per heavy atom. The van der Waals surface area contributed by atoms with Gasteiger partial charge in [0.15, 0.2) is 0 Å². The lowest BCUT2D eigenvalue weighted by Crippen LogP contribution is -2.53. The van der Waals surface area contributed by atoms with E-state index in [0.29, 0.717) is 17.7 Å². The number of imide groups is 1. The molecule has 2 saturated heterocycles. The van der Waals surface area contributed by atoms with E-state index in [1.165, 1.54) is 19.2 Å². The molecule has 10 nitrogen and oxygen atoms in total. The van der Waals surface area contributed by atoms with Gasteiger partial charge >= 0.3 is 0 Å².